The van der Waals surface area contributed by atoms with Crippen molar-refractivity contribution in [3.63, 3.8) is 0 Å². The molecular formula is C22H24ClN3O3. The highest BCUT2D eigenvalue weighted by Gasteiger charge is 2.26. The van der Waals surface area contributed by atoms with Gasteiger partial charge in [-0.3, -0.25) is 9.69 Å². The molecule has 7 heteroatoms. The van der Waals surface area contributed by atoms with Crippen LogP contribution in [0.1, 0.15) is 24.1 Å². The van der Waals surface area contributed by atoms with Gasteiger partial charge in [-0.25, -0.2) is 0 Å². The van der Waals surface area contributed by atoms with Gasteiger partial charge in [0.25, 0.3) is 5.91 Å². The predicted molar refractivity (Wildman–Crippen MR) is 111 cm³/mol. The molecule has 0 bridgehead atoms. The summed E-state index contributed by atoms with van der Waals surface area (Å²) in [5.74, 6) is 0.822. The molecule has 0 spiro atoms. The normalized spacial score (nSPS) is 15.4. The summed E-state index contributed by atoms with van der Waals surface area (Å²) in [7, 11) is 1.50. The number of methoxy groups -OCH3 is 1. The molecule has 1 saturated heterocycles. The van der Waals surface area contributed by atoms with E-state index in [1.54, 1.807) is 18.2 Å². The van der Waals surface area contributed by atoms with Crippen LogP contribution >= 0.6 is 11.6 Å². The molecular weight excluding hydrogens is 390 g/mol. The highest BCUT2D eigenvalue weighted by molar-refractivity contribution is 6.31. The zero-order valence-corrected chi connectivity index (χ0v) is 17.4. The van der Waals surface area contributed by atoms with Gasteiger partial charge in [0.1, 0.15) is 0 Å². The Hall–Kier alpha value is -2.75. The van der Waals surface area contributed by atoms with Crippen molar-refractivity contribution in [2.45, 2.75) is 13.0 Å². The molecule has 0 saturated carbocycles. The first-order valence-electron chi connectivity index (χ1n) is 9.50. The number of rotatable bonds is 6. The smallest absolute Gasteiger partial charge is 0.260 e. The van der Waals surface area contributed by atoms with Crippen LogP contribution in [0.5, 0.6) is 11.5 Å². The van der Waals surface area contributed by atoms with Crippen LogP contribution in [0.2, 0.25) is 5.02 Å². The molecule has 0 radical (unpaired) electrons. The average molecular weight is 414 g/mol. The van der Waals surface area contributed by atoms with Gasteiger partial charge < -0.3 is 14.4 Å². The fourth-order valence-corrected chi connectivity index (χ4v) is 3.75. The lowest BCUT2D eigenvalue weighted by atomic mass is 10.1. The topological polar surface area (TPSA) is 65.8 Å². The molecule has 152 valence electrons. The van der Waals surface area contributed by atoms with E-state index in [4.69, 9.17) is 26.3 Å². The summed E-state index contributed by atoms with van der Waals surface area (Å²) < 4.78 is 10.9. The van der Waals surface area contributed by atoms with E-state index in [2.05, 4.69) is 17.9 Å². The summed E-state index contributed by atoms with van der Waals surface area (Å²) in [6, 6.07) is 15.0. The molecule has 1 amide bonds. The Balaban J connectivity index is 1.53. The van der Waals surface area contributed by atoms with Crippen molar-refractivity contribution in [3.8, 4) is 17.6 Å². The van der Waals surface area contributed by atoms with Crippen LogP contribution in [0, 0.1) is 11.3 Å². The van der Waals surface area contributed by atoms with Gasteiger partial charge >= 0.3 is 0 Å². The Kier molecular flexibility index (Phi) is 6.97. The second-order valence-electron chi connectivity index (χ2n) is 6.88. The second-order valence-corrected chi connectivity index (χ2v) is 7.29. The lowest BCUT2D eigenvalue weighted by molar-refractivity contribution is -0.135. The Morgan fingerprint density at radius 1 is 1.17 bits per heavy atom. The fourth-order valence-electron chi connectivity index (χ4n) is 3.46. The molecule has 3 rings (SSSR count). The van der Waals surface area contributed by atoms with Crippen LogP contribution in [-0.2, 0) is 4.79 Å². The van der Waals surface area contributed by atoms with Crippen molar-refractivity contribution in [2.24, 2.45) is 0 Å². The van der Waals surface area contributed by atoms with Crippen LogP contribution in [0.4, 0.5) is 0 Å². The van der Waals surface area contributed by atoms with Gasteiger partial charge in [0.05, 0.1) is 18.7 Å². The Labute approximate surface area is 176 Å². The van der Waals surface area contributed by atoms with E-state index in [0.717, 1.165) is 23.7 Å². The lowest BCUT2D eigenvalue weighted by Crippen LogP contribution is -2.50. The maximum absolute atomic E-state index is 12.6. The van der Waals surface area contributed by atoms with Gasteiger partial charge in [-0.2, -0.15) is 5.26 Å². The van der Waals surface area contributed by atoms with Gasteiger partial charge in [0.15, 0.2) is 18.1 Å². The zero-order valence-electron chi connectivity index (χ0n) is 16.6. The van der Waals surface area contributed by atoms with Crippen molar-refractivity contribution in [1.82, 2.24) is 9.80 Å². The summed E-state index contributed by atoms with van der Waals surface area (Å²) in [6.45, 7) is 4.90. The number of carbonyl (C=O) groups excluding carboxylic acids is 1. The number of halogens is 1. The third kappa shape index (κ3) is 5.00. The highest BCUT2D eigenvalue weighted by Crippen LogP contribution is 2.29. The first-order chi connectivity index (χ1) is 14.0. The van der Waals surface area contributed by atoms with Gasteiger partial charge in [-0.15, -0.1) is 0 Å². The molecule has 1 aliphatic rings. The monoisotopic (exact) mass is 413 g/mol. The fraction of sp³-hybridized carbons (Fsp3) is 0.364. The molecule has 1 unspecified atom stereocenters. The summed E-state index contributed by atoms with van der Waals surface area (Å²) in [5.41, 5.74) is 1.58. The molecule has 2 aromatic carbocycles. The number of benzene rings is 2. The lowest BCUT2D eigenvalue weighted by Gasteiger charge is -2.38. The first kappa shape index (κ1) is 21.0. The van der Waals surface area contributed by atoms with Crippen molar-refractivity contribution in [1.29, 1.82) is 5.26 Å². The Morgan fingerprint density at radius 2 is 1.90 bits per heavy atom. The van der Waals surface area contributed by atoms with E-state index < -0.39 is 0 Å². The average Bonchev–Trinajstić information content (AvgIpc) is 2.77. The van der Waals surface area contributed by atoms with E-state index in [1.165, 1.54) is 7.11 Å². The minimum absolute atomic E-state index is 0.0671. The standard InChI is InChI=1S/C22H24ClN3O3/c1-16(18-5-3-4-6-19(18)23)25-9-11-26(12-10-25)22(27)15-29-20-8-7-17(14-24)13-21(20)28-2/h3-8,13,16H,9-12,15H2,1-2H3. The SMILES string of the molecule is COc1cc(C#N)ccc1OCC(=O)N1CCN(C(C)c2ccccc2Cl)CC1. The summed E-state index contributed by atoms with van der Waals surface area (Å²) >= 11 is 6.32. The number of nitriles is 1. The number of hydrogen-bond donors (Lipinski definition) is 0. The third-order valence-electron chi connectivity index (χ3n) is 5.21. The molecule has 1 fully saturated rings. The quantitative estimate of drug-likeness (QED) is 0.725. The van der Waals surface area contributed by atoms with Crippen molar-refractivity contribution < 1.29 is 14.3 Å². The Bertz CT molecular complexity index is 904. The third-order valence-corrected chi connectivity index (χ3v) is 5.56. The summed E-state index contributed by atoms with van der Waals surface area (Å²) in [5, 5.41) is 9.73. The van der Waals surface area contributed by atoms with Crippen molar-refractivity contribution in [2.75, 3.05) is 39.9 Å². The minimum atomic E-state index is -0.0681. The Morgan fingerprint density at radius 3 is 2.55 bits per heavy atom. The number of amides is 1. The van der Waals surface area contributed by atoms with Crippen molar-refractivity contribution in [3.05, 3.63) is 58.6 Å². The predicted octanol–water partition coefficient (Wildman–Crippen LogP) is 3.50. The molecule has 6 nitrogen and oxygen atoms in total. The molecule has 29 heavy (non-hydrogen) atoms. The molecule has 0 N–H and O–H groups in total. The molecule has 1 aliphatic heterocycles. The van der Waals surface area contributed by atoms with E-state index in [9.17, 15) is 4.79 Å². The van der Waals surface area contributed by atoms with Crippen LogP contribution < -0.4 is 9.47 Å². The molecule has 2 aromatic rings. The summed E-state index contributed by atoms with van der Waals surface area (Å²) in [4.78, 5) is 16.7. The number of ether oxygens (including phenoxy) is 2. The molecule has 1 heterocycles. The first-order valence-corrected chi connectivity index (χ1v) is 9.88. The molecule has 0 aliphatic carbocycles. The summed E-state index contributed by atoms with van der Waals surface area (Å²) in [6.07, 6.45) is 0. The van der Waals surface area contributed by atoms with Crippen LogP contribution in [0.25, 0.3) is 0 Å². The van der Waals surface area contributed by atoms with E-state index in [-0.39, 0.29) is 18.6 Å². The maximum Gasteiger partial charge on any atom is 0.260 e. The highest BCUT2D eigenvalue weighted by atomic mass is 35.5. The minimum Gasteiger partial charge on any atom is -0.493 e. The van der Waals surface area contributed by atoms with Gasteiger partial charge in [-0.1, -0.05) is 29.8 Å². The number of hydrogen-bond acceptors (Lipinski definition) is 5. The van der Waals surface area contributed by atoms with Crippen LogP contribution in [0.3, 0.4) is 0 Å². The van der Waals surface area contributed by atoms with Gasteiger partial charge in [0, 0.05) is 43.3 Å². The maximum atomic E-state index is 12.6. The van der Waals surface area contributed by atoms with E-state index in [1.807, 2.05) is 29.2 Å². The zero-order chi connectivity index (χ0) is 20.8. The van der Waals surface area contributed by atoms with Crippen molar-refractivity contribution >= 4 is 17.5 Å². The number of nitrogens with zero attached hydrogens (tertiary/aromatic N) is 3. The van der Waals surface area contributed by atoms with Gasteiger partial charge in [-0.05, 0) is 30.7 Å². The largest absolute Gasteiger partial charge is 0.493 e. The van der Waals surface area contributed by atoms with E-state index in [0.29, 0.717) is 30.2 Å². The van der Waals surface area contributed by atoms with Crippen LogP contribution in [-0.4, -0.2) is 55.6 Å². The molecule has 0 aromatic heterocycles. The van der Waals surface area contributed by atoms with Crippen LogP contribution in [0.15, 0.2) is 42.5 Å². The van der Waals surface area contributed by atoms with Gasteiger partial charge in [0.2, 0.25) is 0 Å². The number of carbonyl (C=O) groups is 1. The number of piperazine rings is 1. The second kappa shape index (κ2) is 9.64. The molecule has 1 atom stereocenters. The van der Waals surface area contributed by atoms with E-state index >= 15 is 0 Å².